The molecule has 0 aromatic carbocycles. The lowest BCUT2D eigenvalue weighted by Gasteiger charge is -2.22. The van der Waals surface area contributed by atoms with Crippen LogP contribution in [-0.4, -0.2) is 62.8 Å². The Hall–Kier alpha value is -0.810. The minimum atomic E-state index is 0.505. The van der Waals surface area contributed by atoms with Crippen LogP contribution >= 0.6 is 0 Å². The molecular weight excluding hydrogens is 288 g/mol. The number of nitrogens with zero attached hydrogens (tertiary/aromatic N) is 2. The van der Waals surface area contributed by atoms with E-state index in [1.165, 1.54) is 32.1 Å². The third-order valence-corrected chi connectivity index (χ3v) is 4.46. The van der Waals surface area contributed by atoms with Crippen LogP contribution < -0.4 is 10.6 Å². The van der Waals surface area contributed by atoms with Gasteiger partial charge in [-0.1, -0.05) is 19.3 Å². The molecule has 0 aromatic rings. The van der Waals surface area contributed by atoms with Gasteiger partial charge < -0.3 is 20.3 Å². The van der Waals surface area contributed by atoms with Crippen molar-refractivity contribution in [1.82, 2.24) is 15.5 Å². The zero-order valence-electron chi connectivity index (χ0n) is 15.7. The Morgan fingerprint density at radius 3 is 2.61 bits per heavy atom. The van der Waals surface area contributed by atoms with E-state index in [2.05, 4.69) is 48.3 Å². The molecule has 1 aliphatic carbocycles. The van der Waals surface area contributed by atoms with E-state index in [9.17, 15) is 0 Å². The minimum absolute atomic E-state index is 0.505. The molecule has 0 unspecified atom stereocenters. The van der Waals surface area contributed by atoms with Gasteiger partial charge in [0.1, 0.15) is 0 Å². The van der Waals surface area contributed by atoms with Gasteiger partial charge in [0.25, 0.3) is 0 Å². The number of likely N-dealkylation sites (N-methyl/N-ethyl adjacent to an activating group) is 1. The van der Waals surface area contributed by atoms with Gasteiger partial charge in [-0.05, 0) is 47.1 Å². The molecule has 1 aliphatic rings. The maximum absolute atomic E-state index is 5.95. The summed E-state index contributed by atoms with van der Waals surface area (Å²) in [6.07, 6.45) is 8.05. The Balaban J connectivity index is 2.15. The number of hydrogen-bond acceptors (Lipinski definition) is 3. The average Bonchev–Trinajstić information content (AvgIpc) is 2.55. The van der Waals surface area contributed by atoms with Crippen molar-refractivity contribution in [3.05, 3.63) is 0 Å². The molecule has 0 aliphatic heterocycles. The zero-order valence-corrected chi connectivity index (χ0v) is 15.7. The smallest absolute Gasteiger partial charge is 0.191 e. The molecule has 5 heteroatoms. The minimum Gasteiger partial charge on any atom is -0.378 e. The second-order valence-electron chi connectivity index (χ2n) is 6.75. The van der Waals surface area contributed by atoms with Gasteiger partial charge in [-0.2, -0.15) is 0 Å². The molecule has 1 fully saturated rings. The Bertz CT molecular complexity index is 314. The molecule has 136 valence electrons. The molecule has 2 N–H and O–H groups in total. The van der Waals surface area contributed by atoms with E-state index in [0.29, 0.717) is 12.1 Å². The van der Waals surface area contributed by atoms with Crippen LogP contribution in [0, 0.1) is 0 Å². The monoisotopic (exact) mass is 326 g/mol. The summed E-state index contributed by atoms with van der Waals surface area (Å²) in [6, 6.07) is 0.577. The van der Waals surface area contributed by atoms with Crippen molar-refractivity contribution >= 4 is 5.96 Å². The van der Waals surface area contributed by atoms with Crippen molar-refractivity contribution in [2.75, 3.05) is 39.8 Å². The molecule has 0 bridgehead atoms. The van der Waals surface area contributed by atoms with Crippen molar-refractivity contribution < 1.29 is 4.74 Å². The topological polar surface area (TPSA) is 48.9 Å². The number of aliphatic imine (C=N–C) groups is 1. The quantitative estimate of drug-likeness (QED) is 0.368. The first-order valence-corrected chi connectivity index (χ1v) is 9.47. The number of nitrogens with one attached hydrogen (secondary N) is 2. The first-order chi connectivity index (χ1) is 11.1. The van der Waals surface area contributed by atoms with E-state index in [1.54, 1.807) is 0 Å². The first kappa shape index (κ1) is 20.2. The number of rotatable bonds is 10. The van der Waals surface area contributed by atoms with Gasteiger partial charge in [-0.3, -0.25) is 4.99 Å². The summed E-state index contributed by atoms with van der Waals surface area (Å²) < 4.78 is 5.95. The van der Waals surface area contributed by atoms with Gasteiger partial charge in [0, 0.05) is 38.8 Å². The van der Waals surface area contributed by atoms with Gasteiger partial charge in [0.2, 0.25) is 0 Å². The maximum Gasteiger partial charge on any atom is 0.191 e. The van der Waals surface area contributed by atoms with E-state index in [-0.39, 0.29) is 0 Å². The second kappa shape index (κ2) is 12.6. The Morgan fingerprint density at radius 2 is 1.96 bits per heavy atom. The van der Waals surface area contributed by atoms with Crippen LogP contribution in [0.4, 0.5) is 0 Å². The van der Waals surface area contributed by atoms with Crippen LogP contribution in [0.5, 0.6) is 0 Å². The Kier molecular flexibility index (Phi) is 11.1. The molecule has 1 saturated carbocycles. The van der Waals surface area contributed by atoms with Gasteiger partial charge in [0.05, 0.1) is 6.10 Å². The zero-order chi connectivity index (χ0) is 16.9. The summed E-state index contributed by atoms with van der Waals surface area (Å²) in [5.74, 6) is 0.919. The van der Waals surface area contributed by atoms with Crippen molar-refractivity contribution in [3.63, 3.8) is 0 Å². The van der Waals surface area contributed by atoms with Gasteiger partial charge in [-0.25, -0.2) is 0 Å². The molecule has 0 spiro atoms. The third kappa shape index (κ3) is 9.82. The van der Waals surface area contributed by atoms with E-state index in [1.807, 2.05) is 0 Å². The highest BCUT2D eigenvalue weighted by atomic mass is 16.5. The van der Waals surface area contributed by atoms with Gasteiger partial charge in [-0.15, -0.1) is 0 Å². The first-order valence-electron chi connectivity index (χ1n) is 9.47. The maximum atomic E-state index is 5.95. The lowest BCUT2D eigenvalue weighted by Crippen LogP contribution is -2.42. The van der Waals surface area contributed by atoms with Crippen LogP contribution in [0.3, 0.4) is 0 Å². The van der Waals surface area contributed by atoms with Crippen molar-refractivity contribution in [2.45, 2.75) is 71.4 Å². The molecule has 0 saturated heterocycles. The highest BCUT2D eigenvalue weighted by Gasteiger charge is 2.12. The Morgan fingerprint density at radius 1 is 1.22 bits per heavy atom. The van der Waals surface area contributed by atoms with E-state index in [4.69, 9.17) is 4.74 Å². The Labute approximate surface area is 143 Å². The standard InChI is InChI=1S/C18H38N4O/c1-5-19-18(21-13-14-22(4)16(2)3)20-12-9-15-23-17-10-7-6-8-11-17/h16-17H,5-15H2,1-4H3,(H2,19,20,21). The SMILES string of the molecule is CCNC(=NCCCOC1CCCCC1)NCCN(C)C(C)C. The van der Waals surface area contributed by atoms with E-state index in [0.717, 1.165) is 45.2 Å². The summed E-state index contributed by atoms with van der Waals surface area (Å²) in [7, 11) is 2.15. The molecule has 0 amide bonds. The summed E-state index contributed by atoms with van der Waals surface area (Å²) >= 11 is 0. The average molecular weight is 327 g/mol. The van der Waals surface area contributed by atoms with Crippen LogP contribution in [0.25, 0.3) is 0 Å². The summed E-state index contributed by atoms with van der Waals surface area (Å²) in [6.45, 7) is 11.0. The van der Waals surface area contributed by atoms with Gasteiger partial charge >= 0.3 is 0 Å². The third-order valence-electron chi connectivity index (χ3n) is 4.46. The number of ether oxygens (including phenoxy) is 1. The molecule has 0 aromatic heterocycles. The van der Waals surface area contributed by atoms with Crippen LogP contribution in [0.2, 0.25) is 0 Å². The predicted octanol–water partition coefficient (Wildman–Crippen LogP) is 2.62. The highest BCUT2D eigenvalue weighted by molar-refractivity contribution is 5.79. The number of hydrogen-bond donors (Lipinski definition) is 2. The van der Waals surface area contributed by atoms with Crippen molar-refractivity contribution in [1.29, 1.82) is 0 Å². The van der Waals surface area contributed by atoms with E-state index < -0.39 is 0 Å². The summed E-state index contributed by atoms with van der Waals surface area (Å²) in [4.78, 5) is 6.96. The van der Waals surface area contributed by atoms with Crippen LogP contribution in [0.15, 0.2) is 4.99 Å². The second-order valence-corrected chi connectivity index (χ2v) is 6.75. The largest absolute Gasteiger partial charge is 0.378 e. The van der Waals surface area contributed by atoms with E-state index >= 15 is 0 Å². The molecule has 23 heavy (non-hydrogen) atoms. The van der Waals surface area contributed by atoms with Gasteiger partial charge in [0.15, 0.2) is 5.96 Å². The molecule has 0 heterocycles. The molecule has 5 nitrogen and oxygen atoms in total. The number of guanidine groups is 1. The molecular formula is C18H38N4O. The fourth-order valence-electron chi connectivity index (χ4n) is 2.69. The predicted molar refractivity (Wildman–Crippen MR) is 99.2 cm³/mol. The highest BCUT2D eigenvalue weighted by Crippen LogP contribution is 2.20. The van der Waals surface area contributed by atoms with Crippen molar-refractivity contribution in [3.8, 4) is 0 Å². The summed E-state index contributed by atoms with van der Waals surface area (Å²) in [5.41, 5.74) is 0. The van der Waals surface area contributed by atoms with Crippen LogP contribution in [-0.2, 0) is 4.74 Å². The summed E-state index contributed by atoms with van der Waals surface area (Å²) in [5, 5.41) is 6.71. The molecule has 1 rings (SSSR count). The lowest BCUT2D eigenvalue weighted by atomic mass is 9.98. The van der Waals surface area contributed by atoms with Crippen LogP contribution in [0.1, 0.15) is 59.3 Å². The molecule has 0 radical (unpaired) electrons. The fraction of sp³-hybridized carbons (Fsp3) is 0.944. The fourth-order valence-corrected chi connectivity index (χ4v) is 2.69. The normalized spacial score (nSPS) is 17.0. The van der Waals surface area contributed by atoms with Crippen molar-refractivity contribution in [2.24, 2.45) is 4.99 Å². The molecule has 0 atom stereocenters. The lowest BCUT2D eigenvalue weighted by molar-refractivity contribution is 0.0281.